The van der Waals surface area contributed by atoms with Crippen LogP contribution in [0, 0.1) is 13.8 Å². The topological polar surface area (TPSA) is 43.8 Å². The van der Waals surface area contributed by atoms with Gasteiger partial charge in [-0.3, -0.25) is 4.68 Å². The number of benzene rings is 1. The van der Waals surface area contributed by atoms with Crippen LogP contribution >= 0.6 is 0 Å². The first-order valence-corrected chi connectivity index (χ1v) is 6.49. The summed E-state index contributed by atoms with van der Waals surface area (Å²) in [6, 6.07) is 8.04. The molecular weight excluding hydrogens is 222 g/mol. The molecule has 0 saturated carbocycles. The van der Waals surface area contributed by atoms with Gasteiger partial charge in [0.2, 0.25) is 0 Å². The number of aryl methyl sites for hydroxylation is 3. The average molecular weight is 243 g/mol. The van der Waals surface area contributed by atoms with E-state index in [1.165, 1.54) is 16.8 Å². The summed E-state index contributed by atoms with van der Waals surface area (Å²) in [5.74, 6) is 0. The molecule has 1 heterocycles. The van der Waals surface area contributed by atoms with Gasteiger partial charge in [0, 0.05) is 17.9 Å². The van der Waals surface area contributed by atoms with E-state index in [4.69, 9.17) is 5.73 Å². The summed E-state index contributed by atoms with van der Waals surface area (Å²) >= 11 is 0. The normalized spacial score (nSPS) is 10.8. The summed E-state index contributed by atoms with van der Waals surface area (Å²) in [6.07, 6.45) is 1.98. The van der Waals surface area contributed by atoms with Gasteiger partial charge >= 0.3 is 0 Å². The first-order valence-electron chi connectivity index (χ1n) is 6.49. The second kappa shape index (κ2) is 5.25. The van der Waals surface area contributed by atoms with E-state index < -0.39 is 0 Å². The number of para-hydroxylation sites is 1. The zero-order valence-electron chi connectivity index (χ0n) is 11.4. The van der Waals surface area contributed by atoms with Crippen molar-refractivity contribution in [3.63, 3.8) is 0 Å². The lowest BCUT2D eigenvalue weighted by atomic mass is 10.1. The molecular formula is C15H21N3. The quantitative estimate of drug-likeness (QED) is 0.839. The van der Waals surface area contributed by atoms with E-state index >= 15 is 0 Å². The van der Waals surface area contributed by atoms with Crippen LogP contribution in [-0.2, 0) is 19.4 Å². The Kier molecular flexibility index (Phi) is 3.70. The Morgan fingerprint density at radius 3 is 2.56 bits per heavy atom. The van der Waals surface area contributed by atoms with Crippen molar-refractivity contribution < 1.29 is 0 Å². The van der Waals surface area contributed by atoms with Gasteiger partial charge in [0.15, 0.2) is 0 Å². The summed E-state index contributed by atoms with van der Waals surface area (Å²) in [6.45, 7) is 7.30. The van der Waals surface area contributed by atoms with Gasteiger partial charge in [-0.2, -0.15) is 5.10 Å². The number of nitrogen functional groups attached to an aromatic ring is 1. The Hall–Kier alpha value is -1.77. The van der Waals surface area contributed by atoms with Gasteiger partial charge in [-0.1, -0.05) is 25.1 Å². The lowest BCUT2D eigenvalue weighted by Crippen LogP contribution is -2.07. The van der Waals surface area contributed by atoms with Crippen LogP contribution in [0.2, 0.25) is 0 Å². The van der Waals surface area contributed by atoms with Gasteiger partial charge in [-0.15, -0.1) is 0 Å². The fraction of sp³-hybridized carbons (Fsp3) is 0.400. The zero-order chi connectivity index (χ0) is 13.1. The largest absolute Gasteiger partial charge is 0.399 e. The summed E-state index contributed by atoms with van der Waals surface area (Å²) in [5, 5.41) is 4.60. The molecule has 0 fully saturated rings. The summed E-state index contributed by atoms with van der Waals surface area (Å²) < 4.78 is 2.10. The number of nitrogens with zero attached hydrogens (tertiary/aromatic N) is 2. The monoisotopic (exact) mass is 243 g/mol. The minimum atomic E-state index is 0.870. The number of anilines is 1. The number of rotatable bonds is 4. The molecule has 0 aliphatic carbocycles. The van der Waals surface area contributed by atoms with E-state index in [-0.39, 0.29) is 0 Å². The molecule has 2 rings (SSSR count). The smallest absolute Gasteiger partial charge is 0.0628 e. The summed E-state index contributed by atoms with van der Waals surface area (Å²) in [5.41, 5.74) is 11.8. The van der Waals surface area contributed by atoms with E-state index in [0.717, 1.165) is 30.8 Å². The fourth-order valence-corrected chi connectivity index (χ4v) is 2.45. The third-order valence-electron chi connectivity index (χ3n) is 3.53. The van der Waals surface area contributed by atoms with Crippen LogP contribution in [0.5, 0.6) is 0 Å². The van der Waals surface area contributed by atoms with Crippen LogP contribution in [0.25, 0.3) is 0 Å². The van der Waals surface area contributed by atoms with Crippen molar-refractivity contribution in [2.75, 3.05) is 5.73 Å². The SMILES string of the molecule is CCc1c(C)nn(CCc2ccccc2N)c1C. The Morgan fingerprint density at radius 1 is 1.22 bits per heavy atom. The van der Waals surface area contributed by atoms with Gasteiger partial charge in [-0.05, 0) is 43.9 Å². The maximum atomic E-state index is 5.95. The Bertz CT molecular complexity index is 541. The molecule has 0 bridgehead atoms. The minimum Gasteiger partial charge on any atom is -0.399 e. The standard InChI is InChI=1S/C15H21N3/c1-4-14-11(2)17-18(12(14)3)10-9-13-7-5-6-8-15(13)16/h5-8H,4,9-10,16H2,1-3H3. The maximum Gasteiger partial charge on any atom is 0.0628 e. The maximum absolute atomic E-state index is 5.95. The molecule has 0 aliphatic rings. The number of nitrogens with two attached hydrogens (primary N) is 1. The highest BCUT2D eigenvalue weighted by atomic mass is 15.3. The number of hydrogen-bond donors (Lipinski definition) is 1. The van der Waals surface area contributed by atoms with Crippen molar-refractivity contribution in [2.24, 2.45) is 0 Å². The molecule has 0 atom stereocenters. The highest BCUT2D eigenvalue weighted by Gasteiger charge is 2.09. The molecule has 0 spiro atoms. The molecule has 18 heavy (non-hydrogen) atoms. The van der Waals surface area contributed by atoms with Crippen molar-refractivity contribution in [1.29, 1.82) is 0 Å². The second-order valence-corrected chi connectivity index (χ2v) is 4.67. The summed E-state index contributed by atoms with van der Waals surface area (Å²) in [7, 11) is 0. The third kappa shape index (κ3) is 2.40. The Labute approximate surface area is 109 Å². The molecule has 0 radical (unpaired) electrons. The van der Waals surface area contributed by atoms with Crippen molar-refractivity contribution in [3.05, 3.63) is 46.8 Å². The Balaban J connectivity index is 2.14. The molecule has 2 N–H and O–H groups in total. The molecule has 3 heteroatoms. The molecule has 0 saturated heterocycles. The van der Waals surface area contributed by atoms with Crippen LogP contribution in [0.4, 0.5) is 5.69 Å². The van der Waals surface area contributed by atoms with Crippen LogP contribution < -0.4 is 5.73 Å². The summed E-state index contributed by atoms with van der Waals surface area (Å²) in [4.78, 5) is 0. The van der Waals surface area contributed by atoms with E-state index in [1.807, 2.05) is 18.2 Å². The van der Waals surface area contributed by atoms with Crippen molar-refractivity contribution in [3.8, 4) is 0 Å². The lowest BCUT2D eigenvalue weighted by Gasteiger charge is -2.07. The van der Waals surface area contributed by atoms with Crippen LogP contribution in [0.1, 0.15) is 29.4 Å². The fourth-order valence-electron chi connectivity index (χ4n) is 2.45. The Morgan fingerprint density at radius 2 is 1.94 bits per heavy atom. The minimum absolute atomic E-state index is 0.870. The highest BCUT2D eigenvalue weighted by Crippen LogP contribution is 2.16. The second-order valence-electron chi connectivity index (χ2n) is 4.67. The first-order chi connectivity index (χ1) is 8.63. The van der Waals surface area contributed by atoms with Gasteiger partial charge in [0.1, 0.15) is 0 Å². The molecule has 3 nitrogen and oxygen atoms in total. The van der Waals surface area contributed by atoms with Gasteiger partial charge in [0.05, 0.1) is 5.69 Å². The van der Waals surface area contributed by atoms with Gasteiger partial charge in [-0.25, -0.2) is 0 Å². The van der Waals surface area contributed by atoms with Gasteiger partial charge in [0.25, 0.3) is 0 Å². The van der Waals surface area contributed by atoms with E-state index in [1.54, 1.807) is 0 Å². The third-order valence-corrected chi connectivity index (χ3v) is 3.53. The number of hydrogen-bond acceptors (Lipinski definition) is 2. The van der Waals surface area contributed by atoms with Crippen LogP contribution in [0.15, 0.2) is 24.3 Å². The van der Waals surface area contributed by atoms with Crippen molar-refractivity contribution >= 4 is 5.69 Å². The molecule has 0 unspecified atom stereocenters. The predicted molar refractivity (Wildman–Crippen MR) is 75.6 cm³/mol. The number of aromatic nitrogens is 2. The molecule has 0 amide bonds. The van der Waals surface area contributed by atoms with Crippen LogP contribution in [0.3, 0.4) is 0 Å². The first kappa shape index (κ1) is 12.7. The average Bonchev–Trinajstić information content (AvgIpc) is 2.63. The zero-order valence-corrected chi connectivity index (χ0v) is 11.4. The molecule has 0 aliphatic heterocycles. The molecule has 96 valence electrons. The van der Waals surface area contributed by atoms with Crippen LogP contribution in [-0.4, -0.2) is 9.78 Å². The van der Waals surface area contributed by atoms with Gasteiger partial charge < -0.3 is 5.73 Å². The molecule has 1 aromatic carbocycles. The molecule has 1 aromatic heterocycles. The van der Waals surface area contributed by atoms with E-state index in [2.05, 4.69) is 36.6 Å². The van der Waals surface area contributed by atoms with Crippen molar-refractivity contribution in [2.45, 2.75) is 40.2 Å². The predicted octanol–water partition coefficient (Wildman–Crippen LogP) is 2.89. The highest BCUT2D eigenvalue weighted by molar-refractivity contribution is 5.46. The van der Waals surface area contributed by atoms with Crippen molar-refractivity contribution in [1.82, 2.24) is 9.78 Å². The van der Waals surface area contributed by atoms with E-state index in [9.17, 15) is 0 Å². The van der Waals surface area contributed by atoms with E-state index in [0.29, 0.717) is 0 Å². The lowest BCUT2D eigenvalue weighted by molar-refractivity contribution is 0.594. The molecule has 2 aromatic rings.